The fraction of sp³-hybridized carbons (Fsp3) is 0.389. The standard InChI is InChI=1S/C18H20FN5O2/c1-3-24-13-9-14(23-6-4-22(2)5-7-23)12(19)8-11(13)16(25)15-17(24)20-10-21-18(15)26/h8-10H,3-7H2,1-2H3,(H,20,21,26). The van der Waals surface area contributed by atoms with Gasteiger partial charge in [-0.25, -0.2) is 9.37 Å². The van der Waals surface area contributed by atoms with Crippen LogP contribution in [0, 0.1) is 5.82 Å². The molecule has 1 saturated heterocycles. The SMILES string of the molecule is CCn1c2cc(N3CCN(C)CC3)c(F)cc2c(=O)c2c(=O)[nH]cnc21. The summed E-state index contributed by atoms with van der Waals surface area (Å²) >= 11 is 0. The summed E-state index contributed by atoms with van der Waals surface area (Å²) < 4.78 is 16.6. The van der Waals surface area contributed by atoms with Crippen LogP contribution in [-0.4, -0.2) is 52.7 Å². The molecule has 0 bridgehead atoms. The summed E-state index contributed by atoms with van der Waals surface area (Å²) in [7, 11) is 2.04. The molecule has 4 rings (SSSR count). The number of likely N-dealkylation sites (N-methyl/N-ethyl adjacent to an activating group) is 1. The van der Waals surface area contributed by atoms with Crippen LogP contribution in [0.2, 0.25) is 0 Å². The second kappa shape index (κ2) is 6.21. The molecule has 3 aromatic rings. The van der Waals surface area contributed by atoms with Gasteiger partial charge >= 0.3 is 0 Å². The van der Waals surface area contributed by atoms with Crippen molar-refractivity contribution < 1.29 is 4.39 Å². The van der Waals surface area contributed by atoms with E-state index in [9.17, 15) is 14.0 Å². The normalized spacial score (nSPS) is 15.9. The number of nitrogens with one attached hydrogen (secondary N) is 1. The first kappa shape index (κ1) is 16.7. The van der Waals surface area contributed by atoms with Crippen molar-refractivity contribution >= 4 is 27.6 Å². The van der Waals surface area contributed by atoms with Crippen LogP contribution in [0.25, 0.3) is 21.9 Å². The summed E-state index contributed by atoms with van der Waals surface area (Å²) in [5.41, 5.74) is 0.407. The van der Waals surface area contributed by atoms with Crippen LogP contribution < -0.4 is 15.9 Å². The van der Waals surface area contributed by atoms with Gasteiger partial charge in [0.25, 0.3) is 5.56 Å². The highest BCUT2D eigenvalue weighted by molar-refractivity contribution is 5.93. The largest absolute Gasteiger partial charge is 0.367 e. The Morgan fingerprint density at radius 2 is 1.92 bits per heavy atom. The fourth-order valence-corrected chi connectivity index (χ4v) is 3.61. The lowest BCUT2D eigenvalue weighted by Crippen LogP contribution is -2.44. The third kappa shape index (κ3) is 2.48. The van der Waals surface area contributed by atoms with Gasteiger partial charge in [0.2, 0.25) is 5.43 Å². The van der Waals surface area contributed by atoms with E-state index in [2.05, 4.69) is 14.9 Å². The van der Waals surface area contributed by atoms with Gasteiger partial charge < -0.3 is 19.4 Å². The second-order valence-electron chi connectivity index (χ2n) is 6.61. The van der Waals surface area contributed by atoms with Gasteiger partial charge in [-0.2, -0.15) is 0 Å². The average molecular weight is 357 g/mol. The first-order valence-electron chi connectivity index (χ1n) is 8.68. The number of hydrogen-bond acceptors (Lipinski definition) is 5. The van der Waals surface area contributed by atoms with Crippen LogP contribution in [-0.2, 0) is 6.54 Å². The predicted octanol–water partition coefficient (Wildman–Crippen LogP) is 1.15. The minimum absolute atomic E-state index is 0.0337. The maximum Gasteiger partial charge on any atom is 0.264 e. The number of benzene rings is 1. The molecule has 7 nitrogen and oxygen atoms in total. The quantitative estimate of drug-likeness (QED) is 0.697. The summed E-state index contributed by atoms with van der Waals surface area (Å²) in [5, 5.41) is 0.168. The molecule has 0 saturated carbocycles. The topological polar surface area (TPSA) is 74.2 Å². The first-order valence-corrected chi connectivity index (χ1v) is 8.68. The summed E-state index contributed by atoms with van der Waals surface area (Å²) in [4.78, 5) is 35.7. The third-order valence-corrected chi connectivity index (χ3v) is 5.08. The Kier molecular flexibility index (Phi) is 3.99. The predicted molar refractivity (Wildman–Crippen MR) is 99.5 cm³/mol. The van der Waals surface area contributed by atoms with E-state index in [1.807, 2.05) is 18.9 Å². The van der Waals surface area contributed by atoms with E-state index in [-0.39, 0.29) is 10.8 Å². The zero-order valence-corrected chi connectivity index (χ0v) is 14.8. The van der Waals surface area contributed by atoms with Gasteiger partial charge in [0.1, 0.15) is 11.2 Å². The van der Waals surface area contributed by atoms with Gasteiger partial charge in [-0.1, -0.05) is 0 Å². The van der Waals surface area contributed by atoms with E-state index < -0.39 is 16.8 Å². The summed E-state index contributed by atoms with van der Waals surface area (Å²) in [6.07, 6.45) is 1.28. The third-order valence-electron chi connectivity index (χ3n) is 5.08. The Balaban J connectivity index is 2.03. The lowest BCUT2D eigenvalue weighted by atomic mass is 10.1. The summed E-state index contributed by atoms with van der Waals surface area (Å²) in [5.74, 6) is -0.443. The molecule has 0 atom stereocenters. The van der Waals surface area contributed by atoms with Gasteiger partial charge in [0.05, 0.1) is 17.5 Å². The molecule has 1 aliphatic rings. The molecular weight excluding hydrogens is 337 g/mol. The van der Waals surface area contributed by atoms with Crippen molar-refractivity contribution in [1.29, 1.82) is 0 Å². The molecule has 1 aliphatic heterocycles. The van der Waals surface area contributed by atoms with Crippen molar-refractivity contribution in [1.82, 2.24) is 19.4 Å². The molecule has 1 N–H and O–H groups in total. The number of H-pyrrole nitrogens is 1. The van der Waals surface area contributed by atoms with Crippen molar-refractivity contribution in [2.24, 2.45) is 0 Å². The second-order valence-corrected chi connectivity index (χ2v) is 6.61. The lowest BCUT2D eigenvalue weighted by molar-refractivity contribution is 0.312. The van der Waals surface area contributed by atoms with Crippen LogP contribution in [0.15, 0.2) is 28.0 Å². The molecule has 1 fully saturated rings. The highest BCUT2D eigenvalue weighted by Gasteiger charge is 2.21. The van der Waals surface area contributed by atoms with Crippen LogP contribution in [0.1, 0.15) is 6.92 Å². The summed E-state index contributed by atoms with van der Waals surface area (Å²) in [6.45, 7) is 5.57. The van der Waals surface area contributed by atoms with Crippen LogP contribution in [0.4, 0.5) is 10.1 Å². The van der Waals surface area contributed by atoms with Gasteiger partial charge in [0, 0.05) is 38.1 Å². The first-order chi connectivity index (χ1) is 12.5. The number of anilines is 1. The molecule has 0 unspecified atom stereocenters. The fourth-order valence-electron chi connectivity index (χ4n) is 3.61. The minimum atomic E-state index is -0.507. The molecule has 0 amide bonds. The molecule has 0 radical (unpaired) electrons. The number of aromatic nitrogens is 3. The lowest BCUT2D eigenvalue weighted by Gasteiger charge is -2.34. The number of hydrogen-bond donors (Lipinski definition) is 1. The number of pyridine rings is 1. The Hall–Kier alpha value is -2.74. The number of rotatable bonds is 2. The maximum atomic E-state index is 14.8. The maximum absolute atomic E-state index is 14.8. The number of fused-ring (bicyclic) bond motifs is 2. The zero-order chi connectivity index (χ0) is 18.4. The molecule has 0 aliphatic carbocycles. The Bertz CT molecular complexity index is 1110. The molecule has 26 heavy (non-hydrogen) atoms. The molecule has 136 valence electrons. The molecule has 8 heteroatoms. The number of nitrogens with zero attached hydrogens (tertiary/aromatic N) is 4. The molecule has 1 aromatic carbocycles. The molecular formula is C18H20FN5O2. The van der Waals surface area contributed by atoms with E-state index in [0.717, 1.165) is 26.2 Å². The Morgan fingerprint density at radius 3 is 2.62 bits per heavy atom. The van der Waals surface area contributed by atoms with Gasteiger partial charge in [-0.05, 0) is 26.1 Å². The van der Waals surface area contributed by atoms with Crippen molar-refractivity contribution in [3.63, 3.8) is 0 Å². The van der Waals surface area contributed by atoms with Gasteiger partial charge in [-0.15, -0.1) is 0 Å². The van der Waals surface area contributed by atoms with E-state index >= 15 is 0 Å². The van der Waals surface area contributed by atoms with Crippen molar-refractivity contribution in [3.05, 3.63) is 44.9 Å². The van der Waals surface area contributed by atoms with Crippen LogP contribution in [0.5, 0.6) is 0 Å². The van der Waals surface area contributed by atoms with E-state index in [1.54, 1.807) is 10.6 Å². The van der Waals surface area contributed by atoms with Gasteiger partial charge in [-0.3, -0.25) is 9.59 Å². The van der Waals surface area contributed by atoms with Crippen LogP contribution in [0.3, 0.4) is 0 Å². The molecule has 3 heterocycles. The summed E-state index contributed by atoms with van der Waals surface area (Å²) in [6, 6.07) is 2.96. The number of aryl methyl sites for hydroxylation is 1. The van der Waals surface area contributed by atoms with Crippen molar-refractivity contribution in [3.8, 4) is 0 Å². The highest BCUT2D eigenvalue weighted by Crippen LogP contribution is 2.27. The molecule has 2 aromatic heterocycles. The number of halogens is 1. The van der Waals surface area contributed by atoms with E-state index in [4.69, 9.17) is 0 Å². The number of aromatic amines is 1. The van der Waals surface area contributed by atoms with Gasteiger partial charge in [0.15, 0.2) is 5.65 Å². The Labute approximate surface area is 148 Å². The number of piperazine rings is 1. The van der Waals surface area contributed by atoms with E-state index in [0.29, 0.717) is 23.4 Å². The highest BCUT2D eigenvalue weighted by atomic mass is 19.1. The zero-order valence-electron chi connectivity index (χ0n) is 14.8. The monoisotopic (exact) mass is 357 g/mol. The van der Waals surface area contributed by atoms with Crippen molar-refractivity contribution in [2.45, 2.75) is 13.5 Å². The average Bonchev–Trinajstić information content (AvgIpc) is 2.63. The minimum Gasteiger partial charge on any atom is -0.367 e. The molecule has 0 spiro atoms. The Morgan fingerprint density at radius 1 is 1.19 bits per heavy atom. The van der Waals surface area contributed by atoms with Crippen molar-refractivity contribution in [2.75, 3.05) is 38.1 Å². The van der Waals surface area contributed by atoms with Crippen LogP contribution >= 0.6 is 0 Å². The smallest absolute Gasteiger partial charge is 0.264 e. The van der Waals surface area contributed by atoms with E-state index in [1.165, 1.54) is 12.4 Å².